The Morgan fingerprint density at radius 3 is 2.46 bits per heavy atom. The van der Waals surface area contributed by atoms with E-state index in [1.807, 2.05) is 4.90 Å². The number of hydrogen-bond acceptors (Lipinski definition) is 5. The standard InChI is InChI=1S/C18H32N4O2/c1-14(2)16(10-19)20-6-8-21(9-7-20)17(23)12-22-11-15(3)24-13-18(22,4)5/h14-16H,6-9,11-13H2,1-5H3/t15-,16-/m1/s1. The third-order valence-corrected chi connectivity index (χ3v) is 5.20. The topological polar surface area (TPSA) is 59.8 Å². The molecule has 2 aliphatic rings. The molecular formula is C18H32N4O2. The first-order valence-corrected chi connectivity index (χ1v) is 9.02. The van der Waals surface area contributed by atoms with Gasteiger partial charge in [0, 0.05) is 38.3 Å². The molecule has 2 heterocycles. The van der Waals surface area contributed by atoms with Gasteiger partial charge in [-0.3, -0.25) is 14.6 Å². The highest BCUT2D eigenvalue weighted by Crippen LogP contribution is 2.22. The molecule has 0 aromatic rings. The zero-order valence-electron chi connectivity index (χ0n) is 15.8. The number of carbonyl (C=O) groups is 1. The highest BCUT2D eigenvalue weighted by atomic mass is 16.5. The Hall–Kier alpha value is -1.16. The molecule has 24 heavy (non-hydrogen) atoms. The molecule has 0 bridgehead atoms. The third kappa shape index (κ3) is 4.47. The van der Waals surface area contributed by atoms with Crippen LogP contribution in [0, 0.1) is 17.2 Å². The second kappa shape index (κ2) is 7.81. The zero-order chi connectivity index (χ0) is 17.9. The molecule has 0 aromatic carbocycles. The molecular weight excluding hydrogens is 304 g/mol. The molecule has 2 saturated heterocycles. The first kappa shape index (κ1) is 19.2. The molecule has 2 atom stereocenters. The molecule has 6 nitrogen and oxygen atoms in total. The van der Waals surface area contributed by atoms with E-state index in [9.17, 15) is 10.1 Å². The first-order valence-electron chi connectivity index (χ1n) is 9.02. The van der Waals surface area contributed by atoms with Crippen molar-refractivity contribution in [2.24, 2.45) is 5.92 Å². The van der Waals surface area contributed by atoms with Gasteiger partial charge in [-0.1, -0.05) is 13.8 Å². The lowest BCUT2D eigenvalue weighted by Crippen LogP contribution is -2.60. The van der Waals surface area contributed by atoms with Gasteiger partial charge in [-0.15, -0.1) is 0 Å². The minimum atomic E-state index is -0.104. The molecule has 0 aromatic heterocycles. The summed E-state index contributed by atoms with van der Waals surface area (Å²) in [6.07, 6.45) is 0.171. The Bertz CT molecular complexity index is 478. The molecule has 2 aliphatic heterocycles. The van der Waals surface area contributed by atoms with Crippen molar-refractivity contribution < 1.29 is 9.53 Å². The largest absolute Gasteiger partial charge is 0.375 e. The van der Waals surface area contributed by atoms with E-state index in [1.54, 1.807) is 0 Å². The molecule has 0 radical (unpaired) electrons. The summed E-state index contributed by atoms with van der Waals surface area (Å²) >= 11 is 0. The summed E-state index contributed by atoms with van der Waals surface area (Å²) in [4.78, 5) is 19.1. The maximum atomic E-state index is 12.7. The highest BCUT2D eigenvalue weighted by molar-refractivity contribution is 5.78. The van der Waals surface area contributed by atoms with Gasteiger partial charge in [-0.2, -0.15) is 5.26 Å². The van der Waals surface area contributed by atoms with E-state index in [4.69, 9.17) is 4.74 Å². The molecule has 0 N–H and O–H groups in total. The molecule has 0 saturated carbocycles. The monoisotopic (exact) mass is 336 g/mol. The molecule has 0 unspecified atom stereocenters. The van der Waals surface area contributed by atoms with E-state index >= 15 is 0 Å². The molecule has 136 valence electrons. The lowest BCUT2D eigenvalue weighted by molar-refractivity contribution is -0.142. The Balaban J connectivity index is 1.88. The molecule has 0 aliphatic carbocycles. The van der Waals surface area contributed by atoms with Gasteiger partial charge in [-0.25, -0.2) is 0 Å². The normalized spacial score (nSPS) is 27.0. The van der Waals surface area contributed by atoms with Crippen molar-refractivity contribution in [3.8, 4) is 6.07 Å². The van der Waals surface area contributed by atoms with Gasteiger partial charge < -0.3 is 9.64 Å². The van der Waals surface area contributed by atoms with Gasteiger partial charge in [0.05, 0.1) is 25.3 Å². The number of rotatable bonds is 4. The molecule has 0 spiro atoms. The first-order chi connectivity index (χ1) is 11.2. The summed E-state index contributed by atoms with van der Waals surface area (Å²) in [5, 5.41) is 9.33. The van der Waals surface area contributed by atoms with Crippen molar-refractivity contribution in [3.05, 3.63) is 0 Å². The van der Waals surface area contributed by atoms with Crippen molar-refractivity contribution in [1.82, 2.24) is 14.7 Å². The highest BCUT2D eigenvalue weighted by Gasteiger charge is 2.36. The van der Waals surface area contributed by atoms with Crippen LogP contribution in [0.4, 0.5) is 0 Å². The van der Waals surface area contributed by atoms with E-state index in [0.29, 0.717) is 32.2 Å². The van der Waals surface area contributed by atoms with Crippen LogP contribution in [-0.2, 0) is 9.53 Å². The van der Waals surface area contributed by atoms with Crippen LogP contribution < -0.4 is 0 Å². The predicted octanol–water partition coefficient (Wildman–Crippen LogP) is 1.18. The van der Waals surface area contributed by atoms with Crippen LogP contribution in [0.3, 0.4) is 0 Å². The van der Waals surface area contributed by atoms with Crippen LogP contribution in [0.1, 0.15) is 34.6 Å². The Labute approximate surface area is 146 Å². The summed E-state index contributed by atoms with van der Waals surface area (Å²) < 4.78 is 5.72. The number of nitrogens with zero attached hydrogens (tertiary/aromatic N) is 4. The van der Waals surface area contributed by atoms with E-state index in [1.165, 1.54) is 0 Å². The average Bonchev–Trinajstić information content (AvgIpc) is 2.52. The van der Waals surface area contributed by atoms with Crippen molar-refractivity contribution in [2.75, 3.05) is 45.9 Å². The number of nitriles is 1. The van der Waals surface area contributed by atoms with Crippen molar-refractivity contribution in [3.63, 3.8) is 0 Å². The van der Waals surface area contributed by atoms with E-state index in [0.717, 1.165) is 19.6 Å². The number of amides is 1. The molecule has 6 heteroatoms. The second-order valence-electron chi connectivity index (χ2n) is 8.05. The fourth-order valence-electron chi connectivity index (χ4n) is 3.49. The number of hydrogen-bond donors (Lipinski definition) is 0. The Morgan fingerprint density at radius 2 is 1.92 bits per heavy atom. The van der Waals surface area contributed by atoms with Crippen molar-refractivity contribution >= 4 is 5.91 Å². The SMILES string of the molecule is CC(C)[C@@H](C#N)N1CCN(C(=O)CN2C[C@@H](C)OCC2(C)C)CC1. The van der Waals surface area contributed by atoms with Crippen LogP contribution in [0.5, 0.6) is 0 Å². The minimum Gasteiger partial charge on any atom is -0.375 e. The average molecular weight is 336 g/mol. The summed E-state index contributed by atoms with van der Waals surface area (Å²) in [5.74, 6) is 0.503. The predicted molar refractivity (Wildman–Crippen MR) is 93.5 cm³/mol. The summed E-state index contributed by atoms with van der Waals surface area (Å²) in [7, 11) is 0. The number of piperazine rings is 1. The van der Waals surface area contributed by atoms with Crippen LogP contribution in [-0.4, -0.2) is 84.2 Å². The lowest BCUT2D eigenvalue weighted by Gasteiger charge is -2.45. The lowest BCUT2D eigenvalue weighted by atomic mass is 10.0. The maximum Gasteiger partial charge on any atom is 0.236 e. The van der Waals surface area contributed by atoms with Gasteiger partial charge in [0.1, 0.15) is 6.04 Å². The Morgan fingerprint density at radius 1 is 1.29 bits per heavy atom. The quantitative estimate of drug-likeness (QED) is 0.771. The van der Waals surface area contributed by atoms with Gasteiger partial charge in [0.15, 0.2) is 0 Å². The third-order valence-electron chi connectivity index (χ3n) is 5.20. The minimum absolute atomic E-state index is 0.0544. The van der Waals surface area contributed by atoms with Crippen LogP contribution in [0.2, 0.25) is 0 Å². The van der Waals surface area contributed by atoms with E-state index in [2.05, 4.69) is 50.5 Å². The fraction of sp³-hybridized carbons (Fsp3) is 0.889. The second-order valence-corrected chi connectivity index (χ2v) is 8.05. The van der Waals surface area contributed by atoms with Gasteiger partial charge >= 0.3 is 0 Å². The summed E-state index contributed by atoms with van der Waals surface area (Å²) in [5.41, 5.74) is -0.104. The fourth-order valence-corrected chi connectivity index (χ4v) is 3.49. The van der Waals surface area contributed by atoms with Crippen LogP contribution in [0.25, 0.3) is 0 Å². The van der Waals surface area contributed by atoms with Crippen molar-refractivity contribution in [2.45, 2.75) is 52.3 Å². The number of morpholine rings is 1. The van der Waals surface area contributed by atoms with Crippen LogP contribution in [0.15, 0.2) is 0 Å². The number of carbonyl (C=O) groups excluding carboxylic acids is 1. The smallest absolute Gasteiger partial charge is 0.236 e. The molecule has 2 fully saturated rings. The van der Waals surface area contributed by atoms with Gasteiger partial charge in [0.2, 0.25) is 5.91 Å². The van der Waals surface area contributed by atoms with E-state index < -0.39 is 0 Å². The van der Waals surface area contributed by atoms with E-state index in [-0.39, 0.29) is 23.6 Å². The number of ether oxygens (including phenoxy) is 1. The Kier molecular flexibility index (Phi) is 6.24. The van der Waals surface area contributed by atoms with Crippen molar-refractivity contribution in [1.29, 1.82) is 5.26 Å². The molecule has 1 amide bonds. The van der Waals surface area contributed by atoms with Gasteiger partial charge in [-0.05, 0) is 26.7 Å². The summed E-state index contributed by atoms with van der Waals surface area (Å²) in [6.45, 7) is 15.4. The maximum absolute atomic E-state index is 12.7. The molecule has 2 rings (SSSR count). The zero-order valence-corrected chi connectivity index (χ0v) is 15.8. The van der Waals surface area contributed by atoms with Crippen LogP contribution >= 0.6 is 0 Å². The summed E-state index contributed by atoms with van der Waals surface area (Å²) in [6, 6.07) is 2.34. The van der Waals surface area contributed by atoms with Gasteiger partial charge in [0.25, 0.3) is 0 Å².